The van der Waals surface area contributed by atoms with Crippen molar-refractivity contribution in [3.05, 3.63) is 113 Å². The van der Waals surface area contributed by atoms with Gasteiger partial charge in [-0.15, -0.1) is 51.8 Å². The summed E-state index contributed by atoms with van der Waals surface area (Å²) in [6, 6.07) is 27.6. The number of aliphatic hydroxyl groups is 1. The predicted molar refractivity (Wildman–Crippen MR) is 227 cm³/mol. The van der Waals surface area contributed by atoms with Crippen LogP contribution in [0.5, 0.6) is 0 Å². The third-order valence-corrected chi connectivity index (χ3v) is 13.4. The molecule has 0 spiro atoms. The van der Waals surface area contributed by atoms with Crippen molar-refractivity contribution in [2.24, 2.45) is 11.8 Å². The van der Waals surface area contributed by atoms with Gasteiger partial charge in [-0.3, -0.25) is 9.78 Å². The van der Waals surface area contributed by atoms with E-state index in [1.54, 1.807) is 0 Å². The van der Waals surface area contributed by atoms with Crippen molar-refractivity contribution in [3.63, 3.8) is 0 Å². The van der Waals surface area contributed by atoms with E-state index < -0.39 is 0 Å². The number of benzene rings is 3. The number of fused-ring (bicyclic) bond motifs is 2. The molecule has 281 valence electrons. The Hall–Kier alpha value is -3.41. The van der Waals surface area contributed by atoms with E-state index in [2.05, 4.69) is 114 Å². The van der Waals surface area contributed by atoms with Gasteiger partial charge in [-0.05, 0) is 85.6 Å². The van der Waals surface area contributed by atoms with Crippen LogP contribution in [-0.4, -0.2) is 15.9 Å². The number of hydrogen-bond acceptors (Lipinski definition) is 5. The number of allylic oxidation sites excluding steroid dienone is 2. The Morgan fingerprint density at radius 2 is 1.36 bits per heavy atom. The third kappa shape index (κ3) is 9.11. The molecule has 0 saturated heterocycles. The molecule has 3 aromatic heterocycles. The number of nitrogens with zero attached hydrogens (tertiary/aromatic N) is 1. The van der Waals surface area contributed by atoms with Gasteiger partial charge in [0.25, 0.3) is 0 Å². The Balaban J connectivity index is 0.000000335. The third-order valence-electron chi connectivity index (χ3n) is 10.5. The van der Waals surface area contributed by atoms with Gasteiger partial charge in [0.15, 0.2) is 5.78 Å². The number of aromatic nitrogens is 1. The minimum Gasteiger partial charge on any atom is -0.512 e. The molecule has 6 heteroatoms. The average Bonchev–Trinajstić information content (AvgIpc) is 3.63. The Morgan fingerprint density at radius 1 is 0.774 bits per heavy atom. The summed E-state index contributed by atoms with van der Waals surface area (Å²) in [4.78, 5) is 20.7. The Morgan fingerprint density at radius 3 is 1.98 bits per heavy atom. The van der Waals surface area contributed by atoms with Crippen molar-refractivity contribution in [1.82, 2.24) is 4.98 Å². The van der Waals surface area contributed by atoms with Crippen molar-refractivity contribution >= 4 is 49.3 Å². The van der Waals surface area contributed by atoms with E-state index in [1.807, 2.05) is 56.6 Å². The van der Waals surface area contributed by atoms with E-state index >= 15 is 0 Å². The number of thiophene rings is 2. The van der Waals surface area contributed by atoms with Crippen LogP contribution in [-0.2, 0) is 30.3 Å². The summed E-state index contributed by atoms with van der Waals surface area (Å²) >= 11 is 3.79. The first-order chi connectivity index (χ1) is 24.8. The molecule has 6 rings (SSSR count). The van der Waals surface area contributed by atoms with Crippen molar-refractivity contribution in [2.75, 3.05) is 0 Å². The largest absolute Gasteiger partial charge is 0.512 e. The molecule has 3 heterocycles. The van der Waals surface area contributed by atoms with Crippen LogP contribution in [0.4, 0.5) is 0 Å². The molecule has 0 unspecified atom stereocenters. The second kappa shape index (κ2) is 18.3. The van der Waals surface area contributed by atoms with Gasteiger partial charge in [0.05, 0.1) is 5.76 Å². The summed E-state index contributed by atoms with van der Waals surface area (Å²) in [7, 11) is 0. The fraction of sp³-hybridized carbons (Fsp3) is 0.362. The minimum atomic E-state index is 0. The average molecular weight is 921 g/mol. The standard InChI is InChI=1S/C34H30NS2.C13H24O2.Ir/c1-20-21(2)31(36-30(20)23-12-8-7-9-13-23)32-22(3)26-16-17-35-29(33(26)37-32)25-18-24-14-10-11-15-27(24)28(19-25)34(4,5)6;1-5-10(6-2)12(14)9-13(15)11(7-3)8-4;/h7-17,19H,1-6H3;9-11,14H,5-8H2,1-4H3;/q-1;;/b;12-9-;. The molecule has 1 radical (unpaired) electrons. The molecule has 0 aliphatic rings. The van der Waals surface area contributed by atoms with Crippen LogP contribution < -0.4 is 0 Å². The quantitative estimate of drug-likeness (QED) is 0.0846. The first-order valence-corrected chi connectivity index (χ1v) is 20.4. The summed E-state index contributed by atoms with van der Waals surface area (Å²) in [5.74, 6) is 0.547. The van der Waals surface area contributed by atoms with E-state index in [1.165, 1.54) is 64.0 Å². The van der Waals surface area contributed by atoms with E-state index in [0.717, 1.165) is 42.3 Å². The second-order valence-electron chi connectivity index (χ2n) is 14.9. The summed E-state index contributed by atoms with van der Waals surface area (Å²) < 4.78 is 1.24. The summed E-state index contributed by atoms with van der Waals surface area (Å²) in [5, 5.41) is 13.5. The molecule has 0 bridgehead atoms. The number of aliphatic hydroxyl groups excluding tert-OH is 1. The fourth-order valence-electron chi connectivity index (χ4n) is 6.99. The van der Waals surface area contributed by atoms with Gasteiger partial charge in [0.1, 0.15) is 0 Å². The van der Waals surface area contributed by atoms with E-state index in [9.17, 15) is 9.90 Å². The van der Waals surface area contributed by atoms with Gasteiger partial charge >= 0.3 is 0 Å². The molecule has 0 atom stereocenters. The van der Waals surface area contributed by atoms with Crippen LogP contribution in [0.2, 0.25) is 0 Å². The van der Waals surface area contributed by atoms with Gasteiger partial charge in [-0.1, -0.05) is 108 Å². The Labute approximate surface area is 339 Å². The molecule has 0 saturated carbocycles. The zero-order valence-corrected chi connectivity index (χ0v) is 37.0. The molecule has 53 heavy (non-hydrogen) atoms. The van der Waals surface area contributed by atoms with Crippen LogP contribution in [0.15, 0.2) is 84.8 Å². The number of ketones is 1. The molecule has 6 aromatic rings. The number of carbonyl (C=O) groups is 1. The first kappa shape index (κ1) is 42.3. The maximum Gasteiger partial charge on any atom is 0.162 e. The van der Waals surface area contributed by atoms with Crippen LogP contribution in [0, 0.1) is 38.7 Å². The van der Waals surface area contributed by atoms with Crippen LogP contribution in [0.3, 0.4) is 0 Å². The van der Waals surface area contributed by atoms with Crippen LogP contribution >= 0.6 is 22.7 Å². The monoisotopic (exact) mass is 921 g/mol. The van der Waals surface area contributed by atoms with Gasteiger partial charge in [-0.2, -0.15) is 0 Å². The van der Waals surface area contributed by atoms with Crippen molar-refractivity contribution in [2.45, 2.75) is 100 Å². The number of pyridine rings is 1. The van der Waals surface area contributed by atoms with Gasteiger partial charge in [-0.25, -0.2) is 0 Å². The zero-order chi connectivity index (χ0) is 37.7. The van der Waals surface area contributed by atoms with Crippen molar-refractivity contribution in [3.8, 4) is 31.5 Å². The summed E-state index contributed by atoms with van der Waals surface area (Å²) in [6.07, 6.45) is 6.87. The molecular weight excluding hydrogens is 867 g/mol. The Bertz CT molecular complexity index is 2200. The molecule has 0 fully saturated rings. The normalized spacial score (nSPS) is 12.0. The molecule has 0 aliphatic heterocycles. The number of aryl methyl sites for hydroxylation is 1. The predicted octanol–water partition coefficient (Wildman–Crippen LogP) is 14.4. The van der Waals surface area contributed by atoms with Gasteiger partial charge < -0.3 is 5.11 Å². The fourth-order valence-corrected chi connectivity index (χ4v) is 9.86. The smallest absolute Gasteiger partial charge is 0.162 e. The zero-order valence-electron chi connectivity index (χ0n) is 32.9. The Kier molecular flexibility index (Phi) is 14.6. The molecular formula is C47H54IrNO2S2-. The maximum absolute atomic E-state index is 11.7. The molecule has 3 aromatic carbocycles. The van der Waals surface area contributed by atoms with Gasteiger partial charge in [0.2, 0.25) is 0 Å². The maximum atomic E-state index is 11.7. The molecule has 1 N–H and O–H groups in total. The second-order valence-corrected chi connectivity index (χ2v) is 16.9. The van der Waals surface area contributed by atoms with Gasteiger partial charge in [0, 0.05) is 69.2 Å². The molecule has 3 nitrogen and oxygen atoms in total. The summed E-state index contributed by atoms with van der Waals surface area (Å²) in [5.41, 5.74) is 8.84. The number of rotatable bonds is 10. The molecule has 0 amide bonds. The SMILES string of the molecule is CCC(CC)C(=O)/C=C(\O)C(CC)CC.Cc1c(-c2ccccc2)sc(-c2sc3c(-c4[c-]c5ccccc5c(C(C)(C)C)c4)nccc3c2C)c1C.[Ir]. The van der Waals surface area contributed by atoms with Crippen molar-refractivity contribution < 1.29 is 30.0 Å². The van der Waals surface area contributed by atoms with E-state index in [4.69, 9.17) is 4.98 Å². The minimum absolute atomic E-state index is 0. The van der Waals surface area contributed by atoms with Crippen LogP contribution in [0.1, 0.15) is 96.4 Å². The topological polar surface area (TPSA) is 50.2 Å². The van der Waals surface area contributed by atoms with E-state index in [0.29, 0.717) is 0 Å². The summed E-state index contributed by atoms with van der Waals surface area (Å²) in [6.45, 7) is 21.7. The van der Waals surface area contributed by atoms with E-state index in [-0.39, 0.29) is 48.9 Å². The number of carbonyl (C=O) groups excluding carboxylic acids is 1. The molecule has 0 aliphatic carbocycles. The first-order valence-electron chi connectivity index (χ1n) is 18.8. The number of hydrogen-bond donors (Lipinski definition) is 1. The van der Waals surface area contributed by atoms with Crippen molar-refractivity contribution in [1.29, 1.82) is 0 Å². The van der Waals surface area contributed by atoms with Crippen LogP contribution in [0.25, 0.3) is 52.3 Å².